The summed E-state index contributed by atoms with van der Waals surface area (Å²) in [5, 5.41) is 14.8. The number of morpholine rings is 1. The van der Waals surface area contributed by atoms with Crippen LogP contribution in [0.2, 0.25) is 0 Å². The summed E-state index contributed by atoms with van der Waals surface area (Å²) in [5.74, 6) is 0.599. The maximum Gasteiger partial charge on any atom is 0.213 e. The number of nitriles is 1. The van der Waals surface area contributed by atoms with Gasteiger partial charge in [0.1, 0.15) is 17.7 Å². The first-order valence-electron chi connectivity index (χ1n) is 10.7. The van der Waals surface area contributed by atoms with Crippen molar-refractivity contribution in [2.24, 2.45) is 0 Å². The highest BCUT2D eigenvalue weighted by Gasteiger charge is 2.14. The summed E-state index contributed by atoms with van der Waals surface area (Å²) >= 11 is 1.51. The molecule has 8 nitrogen and oxygen atoms in total. The Labute approximate surface area is 195 Å². The van der Waals surface area contributed by atoms with Crippen LogP contribution in [0.25, 0.3) is 16.6 Å². The maximum atomic E-state index is 9.52. The second kappa shape index (κ2) is 10.0. The molecule has 0 amide bonds. The molecule has 1 aliphatic rings. The van der Waals surface area contributed by atoms with Crippen LogP contribution in [0.15, 0.2) is 71.1 Å². The van der Waals surface area contributed by atoms with Crippen LogP contribution in [0, 0.1) is 11.3 Å². The summed E-state index contributed by atoms with van der Waals surface area (Å²) in [5.41, 5.74) is 3.19. The topological polar surface area (TPSA) is 88.6 Å². The first kappa shape index (κ1) is 21.4. The SMILES string of the molecule is N#Cc1cnn2cc(-c3ccc(OCCN4CCOCC4)nc3)cc(Sc3ccccn3)c12. The Morgan fingerprint density at radius 1 is 1.09 bits per heavy atom. The molecule has 4 aromatic rings. The Bertz CT molecular complexity index is 1260. The molecule has 0 spiro atoms. The molecule has 5 heterocycles. The molecule has 0 aliphatic carbocycles. The predicted octanol–water partition coefficient (Wildman–Crippen LogP) is 3.53. The van der Waals surface area contributed by atoms with Crippen molar-refractivity contribution in [1.29, 1.82) is 5.26 Å². The van der Waals surface area contributed by atoms with Gasteiger partial charge in [-0.05, 0) is 24.3 Å². The Morgan fingerprint density at radius 2 is 2.00 bits per heavy atom. The van der Waals surface area contributed by atoms with Crippen molar-refractivity contribution in [3.8, 4) is 23.1 Å². The quantitative estimate of drug-likeness (QED) is 0.416. The fraction of sp³-hybridized carbons (Fsp3) is 0.250. The molecule has 0 unspecified atom stereocenters. The number of pyridine rings is 3. The van der Waals surface area contributed by atoms with Gasteiger partial charge in [0.2, 0.25) is 5.88 Å². The van der Waals surface area contributed by atoms with Crippen molar-refractivity contribution < 1.29 is 9.47 Å². The summed E-state index contributed by atoms with van der Waals surface area (Å²) in [7, 11) is 0. The van der Waals surface area contributed by atoms with E-state index in [4.69, 9.17) is 9.47 Å². The molecular formula is C24H22N6O2S. The van der Waals surface area contributed by atoms with E-state index in [1.807, 2.05) is 42.6 Å². The van der Waals surface area contributed by atoms with Gasteiger partial charge in [0, 0.05) is 60.3 Å². The molecule has 9 heteroatoms. The molecule has 0 N–H and O–H groups in total. The van der Waals surface area contributed by atoms with Gasteiger partial charge in [0.05, 0.1) is 30.5 Å². The molecule has 0 atom stereocenters. The second-order valence-electron chi connectivity index (χ2n) is 7.51. The van der Waals surface area contributed by atoms with E-state index < -0.39 is 0 Å². The van der Waals surface area contributed by atoms with Crippen molar-refractivity contribution in [3.05, 3.63) is 66.7 Å². The Kier molecular flexibility index (Phi) is 6.48. The zero-order valence-corrected chi connectivity index (χ0v) is 18.7. The molecular weight excluding hydrogens is 436 g/mol. The molecule has 0 radical (unpaired) electrons. The standard InChI is InChI=1S/C24H22N6O2S/c25-14-20-16-28-30-17-19(13-21(24(20)30)33-23-3-1-2-6-26-23)18-4-5-22(27-15-18)32-12-9-29-7-10-31-11-8-29/h1-6,13,15-17H,7-12H2. The lowest BCUT2D eigenvalue weighted by Crippen LogP contribution is -2.38. The van der Waals surface area contributed by atoms with Crippen LogP contribution < -0.4 is 4.74 Å². The van der Waals surface area contributed by atoms with Crippen molar-refractivity contribution >= 4 is 17.3 Å². The summed E-state index contributed by atoms with van der Waals surface area (Å²) in [6, 6.07) is 13.9. The molecule has 4 aromatic heterocycles. The van der Waals surface area contributed by atoms with E-state index in [0.717, 1.165) is 59.4 Å². The lowest BCUT2D eigenvalue weighted by Gasteiger charge is -2.26. The van der Waals surface area contributed by atoms with Gasteiger partial charge in [-0.15, -0.1) is 0 Å². The number of fused-ring (bicyclic) bond motifs is 1. The lowest BCUT2D eigenvalue weighted by atomic mass is 10.1. The van der Waals surface area contributed by atoms with E-state index in [0.29, 0.717) is 18.1 Å². The molecule has 1 saturated heterocycles. The fourth-order valence-corrected chi connectivity index (χ4v) is 4.63. The highest BCUT2D eigenvalue weighted by atomic mass is 32.2. The third kappa shape index (κ3) is 4.98. The number of ether oxygens (including phenoxy) is 2. The van der Waals surface area contributed by atoms with Crippen LogP contribution >= 0.6 is 11.8 Å². The number of hydrogen-bond acceptors (Lipinski definition) is 8. The zero-order chi connectivity index (χ0) is 22.5. The van der Waals surface area contributed by atoms with Crippen molar-refractivity contribution in [1.82, 2.24) is 24.5 Å². The van der Waals surface area contributed by atoms with Gasteiger partial charge in [0.25, 0.3) is 0 Å². The molecule has 33 heavy (non-hydrogen) atoms. The number of rotatable bonds is 7. The maximum absolute atomic E-state index is 9.52. The van der Waals surface area contributed by atoms with Crippen LogP contribution in [-0.4, -0.2) is 63.9 Å². The number of hydrogen-bond donors (Lipinski definition) is 0. The van der Waals surface area contributed by atoms with Crippen LogP contribution in [-0.2, 0) is 4.74 Å². The van der Waals surface area contributed by atoms with Crippen molar-refractivity contribution in [2.75, 3.05) is 39.5 Å². The Morgan fingerprint density at radius 3 is 2.76 bits per heavy atom. The Hall–Kier alpha value is -3.45. The molecule has 5 rings (SSSR count). The smallest absolute Gasteiger partial charge is 0.213 e. The molecule has 0 saturated carbocycles. The lowest BCUT2D eigenvalue weighted by molar-refractivity contribution is 0.0320. The highest BCUT2D eigenvalue weighted by molar-refractivity contribution is 7.99. The first-order chi connectivity index (χ1) is 16.3. The van der Waals surface area contributed by atoms with Gasteiger partial charge >= 0.3 is 0 Å². The third-order valence-electron chi connectivity index (χ3n) is 5.38. The van der Waals surface area contributed by atoms with E-state index in [-0.39, 0.29) is 0 Å². The fourth-order valence-electron chi connectivity index (χ4n) is 3.66. The minimum atomic E-state index is 0.530. The van der Waals surface area contributed by atoms with Gasteiger partial charge in [0.15, 0.2) is 0 Å². The zero-order valence-electron chi connectivity index (χ0n) is 17.9. The van der Waals surface area contributed by atoms with Gasteiger partial charge in [-0.25, -0.2) is 14.5 Å². The predicted molar refractivity (Wildman–Crippen MR) is 124 cm³/mol. The second-order valence-corrected chi connectivity index (χ2v) is 8.58. The minimum Gasteiger partial charge on any atom is -0.476 e. The van der Waals surface area contributed by atoms with E-state index in [1.165, 1.54) is 11.8 Å². The summed E-state index contributed by atoms with van der Waals surface area (Å²) < 4.78 is 12.9. The van der Waals surface area contributed by atoms with E-state index in [2.05, 4.69) is 26.0 Å². The van der Waals surface area contributed by atoms with Gasteiger partial charge in [-0.1, -0.05) is 17.8 Å². The highest BCUT2D eigenvalue weighted by Crippen LogP contribution is 2.34. The third-order valence-corrected chi connectivity index (χ3v) is 6.36. The molecule has 0 aromatic carbocycles. The average molecular weight is 459 g/mol. The van der Waals surface area contributed by atoms with E-state index >= 15 is 0 Å². The Balaban J connectivity index is 1.36. The summed E-state index contributed by atoms with van der Waals surface area (Å²) in [6.07, 6.45) is 7.06. The van der Waals surface area contributed by atoms with Crippen LogP contribution in [0.1, 0.15) is 5.56 Å². The molecule has 166 valence electrons. The molecule has 0 bridgehead atoms. The van der Waals surface area contributed by atoms with Gasteiger partial charge < -0.3 is 9.47 Å². The summed E-state index contributed by atoms with van der Waals surface area (Å²) in [4.78, 5) is 12.1. The van der Waals surface area contributed by atoms with Crippen molar-refractivity contribution in [3.63, 3.8) is 0 Å². The average Bonchev–Trinajstić information content (AvgIpc) is 3.29. The van der Waals surface area contributed by atoms with Crippen molar-refractivity contribution in [2.45, 2.75) is 9.92 Å². The number of nitrogens with zero attached hydrogens (tertiary/aromatic N) is 6. The van der Waals surface area contributed by atoms with Gasteiger partial charge in [-0.3, -0.25) is 4.90 Å². The molecule has 1 aliphatic heterocycles. The minimum absolute atomic E-state index is 0.530. The normalized spacial score (nSPS) is 14.3. The van der Waals surface area contributed by atoms with Crippen LogP contribution in [0.3, 0.4) is 0 Å². The largest absolute Gasteiger partial charge is 0.476 e. The molecule has 1 fully saturated rings. The monoisotopic (exact) mass is 458 g/mol. The van der Waals surface area contributed by atoms with Crippen LogP contribution in [0.5, 0.6) is 5.88 Å². The van der Waals surface area contributed by atoms with Crippen LogP contribution in [0.4, 0.5) is 0 Å². The van der Waals surface area contributed by atoms with E-state index in [1.54, 1.807) is 23.1 Å². The van der Waals surface area contributed by atoms with Gasteiger partial charge in [-0.2, -0.15) is 10.4 Å². The summed E-state index contributed by atoms with van der Waals surface area (Å²) in [6.45, 7) is 4.90. The number of aromatic nitrogens is 4. The first-order valence-corrected chi connectivity index (χ1v) is 11.5. The van der Waals surface area contributed by atoms with E-state index in [9.17, 15) is 5.26 Å².